The maximum atomic E-state index is 11.9. The van der Waals surface area contributed by atoms with Crippen LogP contribution in [-0.2, 0) is 9.59 Å². The smallest absolute Gasteiger partial charge is 0.239 e. The number of carbonyl (C=O) groups is 2. The second-order valence-electron chi connectivity index (χ2n) is 5.18. The molecule has 102 valence electrons. The molecular weight excluding hydrogens is 248 g/mol. The van der Waals surface area contributed by atoms with Gasteiger partial charge >= 0.3 is 0 Å². The minimum Gasteiger partial charge on any atom is -0.352 e. The molecule has 0 radical (unpaired) electrons. The Morgan fingerprint density at radius 1 is 1.22 bits per heavy atom. The Hall–Kier alpha value is -0.710. The lowest BCUT2D eigenvalue weighted by Gasteiger charge is -2.22. The molecule has 1 aliphatic heterocycles. The van der Waals surface area contributed by atoms with Gasteiger partial charge in [0, 0.05) is 6.04 Å². The third-order valence-corrected chi connectivity index (χ3v) is 4.58. The first-order valence-corrected chi connectivity index (χ1v) is 8.06. The molecule has 2 aliphatic rings. The van der Waals surface area contributed by atoms with Gasteiger partial charge in [-0.2, -0.15) is 0 Å². The molecule has 0 atom stereocenters. The van der Waals surface area contributed by atoms with Crippen molar-refractivity contribution in [2.75, 3.05) is 18.2 Å². The SMILES string of the molecule is O=C(CN1CSCC1=O)NC1CCCCCCC1. The van der Waals surface area contributed by atoms with E-state index < -0.39 is 0 Å². The van der Waals surface area contributed by atoms with Crippen molar-refractivity contribution in [1.82, 2.24) is 10.2 Å². The van der Waals surface area contributed by atoms with E-state index in [2.05, 4.69) is 5.32 Å². The predicted octanol–water partition coefficient (Wildman–Crippen LogP) is 1.75. The van der Waals surface area contributed by atoms with Crippen LogP contribution >= 0.6 is 11.8 Å². The molecule has 2 rings (SSSR count). The summed E-state index contributed by atoms with van der Waals surface area (Å²) in [6.45, 7) is 0.238. The van der Waals surface area contributed by atoms with E-state index >= 15 is 0 Å². The molecular formula is C13H22N2O2S. The lowest BCUT2D eigenvalue weighted by Crippen LogP contribution is -2.42. The molecule has 2 amide bonds. The molecule has 0 bridgehead atoms. The molecule has 2 fully saturated rings. The van der Waals surface area contributed by atoms with Crippen molar-refractivity contribution in [1.29, 1.82) is 0 Å². The Balaban J connectivity index is 1.73. The summed E-state index contributed by atoms with van der Waals surface area (Å²) >= 11 is 1.58. The van der Waals surface area contributed by atoms with Crippen LogP contribution in [-0.4, -0.2) is 40.9 Å². The van der Waals surface area contributed by atoms with Gasteiger partial charge in [-0.3, -0.25) is 9.59 Å². The highest BCUT2D eigenvalue weighted by Gasteiger charge is 2.23. The summed E-state index contributed by atoms with van der Waals surface area (Å²) in [5.41, 5.74) is 0. The van der Waals surface area contributed by atoms with E-state index in [-0.39, 0.29) is 18.4 Å². The van der Waals surface area contributed by atoms with Gasteiger partial charge in [0.05, 0.1) is 11.6 Å². The van der Waals surface area contributed by atoms with Crippen LogP contribution in [0.4, 0.5) is 0 Å². The molecule has 0 aromatic carbocycles. The van der Waals surface area contributed by atoms with Gasteiger partial charge in [0.2, 0.25) is 11.8 Å². The molecule has 1 aliphatic carbocycles. The highest BCUT2D eigenvalue weighted by molar-refractivity contribution is 8.00. The van der Waals surface area contributed by atoms with Gasteiger partial charge in [0.15, 0.2) is 0 Å². The van der Waals surface area contributed by atoms with Crippen LogP contribution < -0.4 is 5.32 Å². The van der Waals surface area contributed by atoms with Crippen LogP contribution in [0, 0.1) is 0 Å². The molecule has 1 saturated heterocycles. The summed E-state index contributed by atoms with van der Waals surface area (Å²) in [7, 11) is 0. The number of hydrogen-bond donors (Lipinski definition) is 1. The van der Waals surface area contributed by atoms with Crippen LogP contribution in [0.3, 0.4) is 0 Å². The van der Waals surface area contributed by atoms with Crippen molar-refractivity contribution in [3.05, 3.63) is 0 Å². The van der Waals surface area contributed by atoms with E-state index in [1.807, 2.05) is 0 Å². The summed E-state index contributed by atoms with van der Waals surface area (Å²) in [6.07, 6.45) is 8.51. The van der Waals surface area contributed by atoms with E-state index in [9.17, 15) is 9.59 Å². The van der Waals surface area contributed by atoms with Gasteiger partial charge < -0.3 is 10.2 Å². The number of thioether (sulfide) groups is 1. The van der Waals surface area contributed by atoms with Crippen molar-refractivity contribution < 1.29 is 9.59 Å². The van der Waals surface area contributed by atoms with Gasteiger partial charge in [0.1, 0.15) is 6.54 Å². The zero-order valence-electron chi connectivity index (χ0n) is 10.8. The van der Waals surface area contributed by atoms with E-state index in [1.54, 1.807) is 16.7 Å². The maximum absolute atomic E-state index is 11.9. The Morgan fingerprint density at radius 2 is 1.89 bits per heavy atom. The second kappa shape index (κ2) is 7.02. The molecule has 18 heavy (non-hydrogen) atoms. The van der Waals surface area contributed by atoms with Gasteiger partial charge in [-0.15, -0.1) is 11.8 Å². The topological polar surface area (TPSA) is 49.4 Å². The first-order valence-electron chi connectivity index (χ1n) is 6.90. The first-order chi connectivity index (χ1) is 8.75. The Kier molecular flexibility index (Phi) is 5.35. The van der Waals surface area contributed by atoms with Crippen molar-refractivity contribution in [2.45, 2.75) is 51.0 Å². The minimum absolute atomic E-state index is 0.0106. The van der Waals surface area contributed by atoms with Gasteiger partial charge in [-0.1, -0.05) is 32.1 Å². The molecule has 0 aromatic rings. The lowest BCUT2D eigenvalue weighted by atomic mass is 9.97. The molecule has 0 unspecified atom stereocenters. The maximum Gasteiger partial charge on any atom is 0.239 e. The quantitative estimate of drug-likeness (QED) is 0.850. The number of hydrogen-bond acceptors (Lipinski definition) is 3. The van der Waals surface area contributed by atoms with Gasteiger partial charge in [0.25, 0.3) is 0 Å². The predicted molar refractivity (Wildman–Crippen MR) is 73.3 cm³/mol. The van der Waals surface area contributed by atoms with Crippen molar-refractivity contribution in [3.8, 4) is 0 Å². The third kappa shape index (κ3) is 4.19. The zero-order chi connectivity index (χ0) is 12.8. The Morgan fingerprint density at radius 3 is 2.50 bits per heavy atom. The fraction of sp³-hybridized carbons (Fsp3) is 0.846. The largest absolute Gasteiger partial charge is 0.352 e. The molecule has 1 N–H and O–H groups in total. The number of rotatable bonds is 3. The molecule has 0 aromatic heterocycles. The lowest BCUT2D eigenvalue weighted by molar-refractivity contribution is -0.132. The van der Waals surface area contributed by atoms with Crippen LogP contribution in [0.5, 0.6) is 0 Å². The van der Waals surface area contributed by atoms with Crippen LogP contribution in [0.2, 0.25) is 0 Å². The summed E-state index contributed by atoms with van der Waals surface area (Å²) in [4.78, 5) is 25.0. The minimum atomic E-state index is 0.0106. The van der Waals surface area contributed by atoms with Crippen molar-refractivity contribution >= 4 is 23.6 Å². The molecule has 5 heteroatoms. The normalized spacial score (nSPS) is 22.7. The molecule has 4 nitrogen and oxygen atoms in total. The number of carbonyl (C=O) groups excluding carboxylic acids is 2. The second-order valence-corrected chi connectivity index (χ2v) is 6.13. The van der Waals surface area contributed by atoms with Crippen LogP contribution in [0.25, 0.3) is 0 Å². The van der Waals surface area contributed by atoms with E-state index in [4.69, 9.17) is 0 Å². The summed E-state index contributed by atoms with van der Waals surface area (Å²) in [5.74, 6) is 1.29. The zero-order valence-corrected chi connectivity index (χ0v) is 11.6. The first kappa shape index (κ1) is 13.7. The summed E-state index contributed by atoms with van der Waals surface area (Å²) in [6, 6.07) is 0.322. The fourth-order valence-electron chi connectivity index (χ4n) is 2.59. The van der Waals surface area contributed by atoms with Crippen molar-refractivity contribution in [3.63, 3.8) is 0 Å². The van der Waals surface area contributed by atoms with Crippen molar-refractivity contribution in [2.24, 2.45) is 0 Å². The number of amides is 2. The third-order valence-electron chi connectivity index (χ3n) is 3.63. The van der Waals surface area contributed by atoms with E-state index in [0.29, 0.717) is 17.7 Å². The van der Waals surface area contributed by atoms with E-state index in [1.165, 1.54) is 32.1 Å². The number of nitrogens with zero attached hydrogens (tertiary/aromatic N) is 1. The monoisotopic (exact) mass is 270 g/mol. The average molecular weight is 270 g/mol. The standard InChI is InChI=1S/C13H22N2O2S/c16-12(8-15-10-18-9-13(15)17)14-11-6-4-2-1-3-5-7-11/h11H,1-10H2,(H,14,16). The van der Waals surface area contributed by atoms with Gasteiger partial charge in [-0.05, 0) is 12.8 Å². The highest BCUT2D eigenvalue weighted by atomic mass is 32.2. The fourth-order valence-corrected chi connectivity index (χ4v) is 3.49. The van der Waals surface area contributed by atoms with Crippen LogP contribution in [0.15, 0.2) is 0 Å². The van der Waals surface area contributed by atoms with E-state index in [0.717, 1.165) is 12.8 Å². The Labute approximate surface area is 113 Å². The average Bonchev–Trinajstić information content (AvgIpc) is 2.68. The Bertz CT molecular complexity index is 301. The molecule has 0 spiro atoms. The molecule has 1 saturated carbocycles. The summed E-state index contributed by atoms with van der Waals surface area (Å²) in [5, 5.41) is 3.09. The molecule has 1 heterocycles. The van der Waals surface area contributed by atoms with Crippen LogP contribution in [0.1, 0.15) is 44.9 Å². The highest BCUT2D eigenvalue weighted by Crippen LogP contribution is 2.17. The summed E-state index contributed by atoms with van der Waals surface area (Å²) < 4.78 is 0. The van der Waals surface area contributed by atoms with Gasteiger partial charge in [-0.25, -0.2) is 0 Å². The number of nitrogens with one attached hydrogen (secondary N) is 1.